The smallest absolute Gasteiger partial charge is 0.204 e. The van der Waals surface area contributed by atoms with Crippen LogP contribution in [0.4, 0.5) is 0 Å². The van der Waals surface area contributed by atoms with Crippen LogP contribution < -0.4 is 10.6 Å². The Morgan fingerprint density at radius 2 is 2.22 bits per heavy atom. The van der Waals surface area contributed by atoms with Crippen LogP contribution in [0.5, 0.6) is 0 Å². The van der Waals surface area contributed by atoms with E-state index in [1.165, 1.54) is 12.0 Å². The Kier molecular flexibility index (Phi) is 7.01. The lowest BCUT2D eigenvalue weighted by atomic mass is 10.1. The average Bonchev–Trinajstić information content (AvgIpc) is 3.01. The molecular weight excluding hydrogens is 310 g/mol. The molecule has 23 heavy (non-hydrogen) atoms. The highest BCUT2D eigenvalue weighted by Gasteiger charge is 2.09. The summed E-state index contributed by atoms with van der Waals surface area (Å²) in [6.07, 6.45) is 4.10. The number of benzene rings is 1. The van der Waals surface area contributed by atoms with Crippen LogP contribution in [0, 0.1) is 11.5 Å². The highest BCUT2D eigenvalue weighted by molar-refractivity contribution is 7.98. The van der Waals surface area contributed by atoms with E-state index in [1.807, 2.05) is 24.4 Å². The van der Waals surface area contributed by atoms with Crippen molar-refractivity contribution < 1.29 is 4.42 Å². The van der Waals surface area contributed by atoms with Crippen LogP contribution in [0.25, 0.3) is 0 Å². The molecule has 0 aliphatic rings. The highest BCUT2D eigenvalue weighted by Crippen LogP contribution is 2.18. The first-order chi connectivity index (χ1) is 11.3. The first kappa shape index (κ1) is 16.9. The summed E-state index contributed by atoms with van der Waals surface area (Å²) >= 11 is 1.76. The summed E-state index contributed by atoms with van der Waals surface area (Å²) in [7, 11) is 1.63. The van der Waals surface area contributed by atoms with Gasteiger partial charge in [-0.3, -0.25) is 10.3 Å². The molecule has 0 bridgehead atoms. The summed E-state index contributed by atoms with van der Waals surface area (Å²) in [6.45, 7) is 0.720. The molecule has 6 nitrogen and oxygen atoms in total. The first-order valence-corrected chi connectivity index (χ1v) is 8.37. The number of aromatic nitrogens is 1. The average molecular weight is 329 g/mol. The van der Waals surface area contributed by atoms with Gasteiger partial charge in [0, 0.05) is 31.5 Å². The maximum absolute atomic E-state index is 8.54. The number of nitriles is 1. The van der Waals surface area contributed by atoms with Gasteiger partial charge in [-0.15, -0.1) is 0 Å². The molecule has 2 rings (SSSR count). The molecule has 0 radical (unpaired) electrons. The summed E-state index contributed by atoms with van der Waals surface area (Å²) < 4.78 is 5.51. The maximum atomic E-state index is 8.54. The van der Waals surface area contributed by atoms with Crippen LogP contribution in [0.2, 0.25) is 0 Å². The molecule has 0 fully saturated rings. The molecule has 0 unspecified atom stereocenters. The number of hydrogen-bond donors (Lipinski definition) is 2. The van der Waals surface area contributed by atoms with Gasteiger partial charge in [-0.1, -0.05) is 30.3 Å². The normalized spacial score (nSPS) is 11.0. The highest BCUT2D eigenvalue weighted by atomic mass is 32.2. The molecular formula is C16H19N5OS. The minimum absolute atomic E-state index is 0.485. The molecule has 0 amide bonds. The monoisotopic (exact) mass is 329 g/mol. The zero-order valence-electron chi connectivity index (χ0n) is 13.0. The van der Waals surface area contributed by atoms with Gasteiger partial charge in [0.05, 0.1) is 5.69 Å². The Morgan fingerprint density at radius 1 is 1.39 bits per heavy atom. The van der Waals surface area contributed by atoms with Gasteiger partial charge in [-0.25, -0.2) is 4.98 Å². The molecule has 0 aliphatic carbocycles. The number of nitrogens with zero attached hydrogens (tertiary/aromatic N) is 3. The number of guanidine groups is 1. The molecule has 1 aromatic carbocycles. The molecule has 1 aromatic heterocycles. The lowest BCUT2D eigenvalue weighted by Crippen LogP contribution is -2.35. The second-order valence-corrected chi connectivity index (χ2v) is 5.78. The van der Waals surface area contributed by atoms with Crippen LogP contribution in [-0.4, -0.2) is 30.3 Å². The zero-order valence-corrected chi connectivity index (χ0v) is 13.8. The Morgan fingerprint density at radius 3 is 2.96 bits per heavy atom. The Bertz CT molecular complexity index is 663. The van der Waals surface area contributed by atoms with Gasteiger partial charge in [0.25, 0.3) is 0 Å². The van der Waals surface area contributed by atoms with Crippen LogP contribution >= 0.6 is 11.8 Å². The number of hydrogen-bond acceptors (Lipinski definition) is 5. The SMILES string of the molecule is C/N=C(\NC#N)NCCSCc1ncoc1Cc1ccccc1. The third-order valence-corrected chi connectivity index (χ3v) is 4.08. The number of aliphatic imine (C=N–C) groups is 1. The number of rotatable bonds is 7. The Balaban J connectivity index is 1.75. The molecule has 0 aliphatic heterocycles. The predicted octanol–water partition coefficient (Wildman–Crippen LogP) is 2.14. The van der Waals surface area contributed by atoms with Crippen molar-refractivity contribution in [3.8, 4) is 6.19 Å². The van der Waals surface area contributed by atoms with E-state index < -0.39 is 0 Å². The van der Waals surface area contributed by atoms with E-state index in [2.05, 4.69) is 32.7 Å². The van der Waals surface area contributed by atoms with Gasteiger partial charge >= 0.3 is 0 Å². The van der Waals surface area contributed by atoms with Gasteiger partial charge in [0.15, 0.2) is 12.6 Å². The topological polar surface area (TPSA) is 86.2 Å². The van der Waals surface area contributed by atoms with E-state index >= 15 is 0 Å². The van der Waals surface area contributed by atoms with E-state index in [1.54, 1.807) is 18.8 Å². The van der Waals surface area contributed by atoms with Gasteiger partial charge in [-0.05, 0) is 5.56 Å². The Hall–Kier alpha value is -2.46. The van der Waals surface area contributed by atoms with Crippen molar-refractivity contribution >= 4 is 17.7 Å². The van der Waals surface area contributed by atoms with Crippen LogP contribution in [0.15, 0.2) is 46.1 Å². The van der Waals surface area contributed by atoms with Crippen LogP contribution in [0.3, 0.4) is 0 Å². The third kappa shape index (κ3) is 5.68. The summed E-state index contributed by atoms with van der Waals surface area (Å²) in [4.78, 5) is 8.23. The summed E-state index contributed by atoms with van der Waals surface area (Å²) in [5.41, 5.74) is 2.20. The molecule has 2 aromatic rings. The molecule has 7 heteroatoms. The van der Waals surface area contributed by atoms with Crippen molar-refractivity contribution in [2.75, 3.05) is 19.3 Å². The quantitative estimate of drug-likeness (QED) is 0.266. The maximum Gasteiger partial charge on any atom is 0.204 e. The molecule has 0 saturated heterocycles. The van der Waals surface area contributed by atoms with Crippen molar-refractivity contribution in [3.05, 3.63) is 53.7 Å². The van der Waals surface area contributed by atoms with Crippen molar-refractivity contribution in [2.45, 2.75) is 12.2 Å². The number of oxazole rings is 1. The van der Waals surface area contributed by atoms with E-state index in [0.717, 1.165) is 35.9 Å². The van der Waals surface area contributed by atoms with E-state index in [0.29, 0.717) is 5.96 Å². The molecule has 1 heterocycles. The van der Waals surface area contributed by atoms with Crippen LogP contribution in [0.1, 0.15) is 17.0 Å². The van der Waals surface area contributed by atoms with Crippen molar-refractivity contribution in [1.82, 2.24) is 15.6 Å². The molecule has 0 spiro atoms. The zero-order chi connectivity index (χ0) is 16.3. The lowest BCUT2D eigenvalue weighted by Gasteiger charge is -2.06. The molecule has 0 atom stereocenters. The van der Waals surface area contributed by atoms with Crippen molar-refractivity contribution in [1.29, 1.82) is 5.26 Å². The van der Waals surface area contributed by atoms with Gasteiger partial charge in [0.1, 0.15) is 5.76 Å². The molecule has 120 valence electrons. The summed E-state index contributed by atoms with van der Waals surface area (Å²) in [6, 6.07) is 10.2. The minimum Gasteiger partial charge on any atom is -0.448 e. The largest absolute Gasteiger partial charge is 0.448 e. The summed E-state index contributed by atoms with van der Waals surface area (Å²) in [5.74, 6) is 3.08. The first-order valence-electron chi connectivity index (χ1n) is 7.22. The Labute approximate surface area is 140 Å². The molecule has 2 N–H and O–H groups in total. The fourth-order valence-electron chi connectivity index (χ4n) is 1.98. The third-order valence-electron chi connectivity index (χ3n) is 3.11. The number of nitrogens with one attached hydrogen (secondary N) is 2. The van der Waals surface area contributed by atoms with E-state index in [9.17, 15) is 0 Å². The van der Waals surface area contributed by atoms with Gasteiger partial charge in [0.2, 0.25) is 5.96 Å². The fourth-order valence-corrected chi connectivity index (χ4v) is 2.80. The van der Waals surface area contributed by atoms with E-state index in [4.69, 9.17) is 9.68 Å². The van der Waals surface area contributed by atoms with Crippen molar-refractivity contribution in [3.63, 3.8) is 0 Å². The molecule has 0 saturated carbocycles. The van der Waals surface area contributed by atoms with Crippen molar-refractivity contribution in [2.24, 2.45) is 4.99 Å². The van der Waals surface area contributed by atoms with Gasteiger partial charge in [-0.2, -0.15) is 17.0 Å². The fraction of sp³-hybridized carbons (Fsp3) is 0.312. The second kappa shape index (κ2) is 9.54. The standard InChI is InChI=1S/C16H19N5OS/c1-18-16(20-11-17)19-7-8-23-10-14-15(22-12-21-14)9-13-5-3-2-4-6-13/h2-6,12H,7-10H2,1H3,(H2,18,19,20). The van der Waals surface area contributed by atoms with E-state index in [-0.39, 0.29) is 0 Å². The minimum atomic E-state index is 0.485. The summed E-state index contributed by atoms with van der Waals surface area (Å²) in [5, 5.41) is 14.1. The number of thioether (sulfide) groups is 1. The van der Waals surface area contributed by atoms with Gasteiger partial charge < -0.3 is 9.73 Å². The predicted molar refractivity (Wildman–Crippen MR) is 92.0 cm³/mol. The van der Waals surface area contributed by atoms with Crippen LogP contribution in [-0.2, 0) is 12.2 Å². The lowest BCUT2D eigenvalue weighted by molar-refractivity contribution is 0.512. The second-order valence-electron chi connectivity index (χ2n) is 4.67.